The van der Waals surface area contributed by atoms with Gasteiger partial charge < -0.3 is 14.9 Å². The number of unbranched alkanes of at least 4 members (excludes halogenated alkanes) is 1. The van der Waals surface area contributed by atoms with Gasteiger partial charge in [-0.25, -0.2) is 4.79 Å². The van der Waals surface area contributed by atoms with Crippen molar-refractivity contribution in [3.05, 3.63) is 35.9 Å². The Bertz CT molecular complexity index is 473. The summed E-state index contributed by atoms with van der Waals surface area (Å²) in [6.07, 6.45) is 1.71. The first-order valence-electron chi connectivity index (χ1n) is 7.19. The van der Waals surface area contributed by atoms with Crippen molar-refractivity contribution in [2.24, 2.45) is 0 Å². The number of carboxylic acids is 1. The number of rotatable bonds is 8. The molecule has 0 aliphatic carbocycles. The second kappa shape index (κ2) is 9.98. The normalized spacial score (nSPS) is 13.0. The molecule has 1 aromatic rings. The van der Waals surface area contributed by atoms with Gasteiger partial charge in [-0.15, -0.1) is 0 Å². The first-order chi connectivity index (χ1) is 10.1. The number of hydrogen-bond donors (Lipinski definition) is 2. The zero-order chi connectivity index (χ0) is 15.5. The lowest BCUT2D eigenvalue weighted by atomic mass is 10.0. The van der Waals surface area contributed by atoms with Crippen LogP contribution in [-0.2, 0) is 16.1 Å². The Morgan fingerprint density at radius 1 is 1.33 bits per heavy atom. The van der Waals surface area contributed by atoms with Gasteiger partial charge in [0.25, 0.3) is 0 Å². The van der Waals surface area contributed by atoms with Crippen LogP contribution >= 0.6 is 0 Å². The molecule has 0 heterocycles. The molecule has 2 atom stereocenters. The van der Waals surface area contributed by atoms with Crippen LogP contribution in [0.25, 0.3) is 0 Å². The molecule has 2 unspecified atom stereocenters. The van der Waals surface area contributed by atoms with Gasteiger partial charge in [0.1, 0.15) is 0 Å². The van der Waals surface area contributed by atoms with Gasteiger partial charge in [-0.2, -0.15) is 0 Å². The minimum atomic E-state index is -1.18. The Morgan fingerprint density at radius 3 is 2.67 bits per heavy atom. The molecule has 0 spiro atoms. The van der Waals surface area contributed by atoms with Gasteiger partial charge in [-0.3, -0.25) is 0 Å². The Kier molecular flexibility index (Phi) is 8.18. The van der Waals surface area contributed by atoms with Crippen LogP contribution in [0.4, 0.5) is 0 Å². The predicted molar refractivity (Wildman–Crippen MR) is 80.6 cm³/mol. The first-order valence-corrected chi connectivity index (χ1v) is 7.19. The minimum absolute atomic E-state index is 0.107. The summed E-state index contributed by atoms with van der Waals surface area (Å²) in [4.78, 5) is 10.3. The molecular weight excluding hydrogens is 268 g/mol. The van der Waals surface area contributed by atoms with Gasteiger partial charge in [-0.1, -0.05) is 56.0 Å². The molecule has 21 heavy (non-hydrogen) atoms. The van der Waals surface area contributed by atoms with Gasteiger partial charge in [-0.05, 0) is 12.0 Å². The monoisotopic (exact) mass is 290 g/mol. The molecule has 0 amide bonds. The highest BCUT2D eigenvalue weighted by Crippen LogP contribution is 2.14. The van der Waals surface area contributed by atoms with E-state index in [0.717, 1.165) is 24.8 Å². The highest BCUT2D eigenvalue weighted by molar-refractivity contribution is 5.86. The molecule has 0 aliphatic heterocycles. The molecule has 0 saturated carbocycles. The third kappa shape index (κ3) is 7.50. The third-order valence-electron chi connectivity index (χ3n) is 3.08. The first kappa shape index (κ1) is 17.2. The van der Waals surface area contributed by atoms with Crippen molar-refractivity contribution in [2.45, 2.75) is 51.4 Å². The molecule has 0 aromatic heterocycles. The van der Waals surface area contributed by atoms with Crippen LogP contribution in [-0.4, -0.2) is 28.4 Å². The van der Waals surface area contributed by atoms with Crippen molar-refractivity contribution < 1.29 is 19.7 Å². The maximum absolute atomic E-state index is 10.3. The molecule has 1 aromatic carbocycles. The Hall–Kier alpha value is -1.83. The predicted octanol–water partition coefficient (Wildman–Crippen LogP) is 2.60. The molecule has 0 fully saturated rings. The van der Waals surface area contributed by atoms with Crippen LogP contribution in [0.1, 0.15) is 38.2 Å². The Labute approximate surface area is 125 Å². The summed E-state index contributed by atoms with van der Waals surface area (Å²) >= 11 is 0. The largest absolute Gasteiger partial charge is 0.472 e. The second-order valence-electron chi connectivity index (χ2n) is 4.86. The minimum Gasteiger partial charge on any atom is -0.472 e. The summed E-state index contributed by atoms with van der Waals surface area (Å²) in [6.45, 7) is 2.50. The highest BCUT2D eigenvalue weighted by atomic mass is 16.5. The average molecular weight is 290 g/mol. The van der Waals surface area contributed by atoms with Gasteiger partial charge >= 0.3 is 5.97 Å². The van der Waals surface area contributed by atoms with E-state index in [-0.39, 0.29) is 12.5 Å². The average Bonchev–Trinajstić information content (AvgIpc) is 2.48. The quantitative estimate of drug-likeness (QED) is 0.722. The molecule has 0 radical (unpaired) electrons. The maximum Gasteiger partial charge on any atom is 0.381 e. The number of ether oxygens (including phenoxy) is 1. The molecule has 4 heteroatoms. The van der Waals surface area contributed by atoms with E-state index in [9.17, 15) is 9.90 Å². The topological polar surface area (TPSA) is 66.8 Å². The van der Waals surface area contributed by atoms with Crippen LogP contribution in [0.15, 0.2) is 30.3 Å². The Balaban J connectivity index is 2.54. The fourth-order valence-corrected chi connectivity index (χ4v) is 1.93. The standard InChI is InChI=1S/C17H22O4/c1-2-3-11-16(15(18)10-7-12-17(19)20)21-13-14-8-5-4-6-9-14/h4-6,8-9,15-16,18H,2-3,10-11,13H2,1H3,(H,19,20). The Morgan fingerprint density at radius 2 is 2.05 bits per heavy atom. The van der Waals surface area contributed by atoms with E-state index in [2.05, 4.69) is 12.8 Å². The summed E-state index contributed by atoms with van der Waals surface area (Å²) in [5.74, 6) is 3.29. The lowest BCUT2D eigenvalue weighted by Crippen LogP contribution is -2.28. The van der Waals surface area contributed by atoms with Crippen LogP contribution < -0.4 is 0 Å². The fourth-order valence-electron chi connectivity index (χ4n) is 1.93. The number of aliphatic hydroxyl groups is 1. The van der Waals surface area contributed by atoms with E-state index >= 15 is 0 Å². The highest BCUT2D eigenvalue weighted by Gasteiger charge is 2.18. The van der Waals surface area contributed by atoms with Gasteiger partial charge in [0.15, 0.2) is 0 Å². The van der Waals surface area contributed by atoms with Crippen LogP contribution in [0, 0.1) is 11.8 Å². The number of hydrogen-bond acceptors (Lipinski definition) is 3. The van der Waals surface area contributed by atoms with E-state index in [0.29, 0.717) is 6.61 Å². The van der Waals surface area contributed by atoms with Gasteiger partial charge in [0.2, 0.25) is 0 Å². The number of benzene rings is 1. The molecule has 4 nitrogen and oxygen atoms in total. The van der Waals surface area contributed by atoms with Gasteiger partial charge in [0.05, 0.1) is 18.8 Å². The molecule has 114 valence electrons. The molecular formula is C17H22O4. The van der Waals surface area contributed by atoms with E-state index in [4.69, 9.17) is 9.84 Å². The number of aliphatic hydroxyl groups excluding tert-OH is 1. The van der Waals surface area contributed by atoms with Crippen molar-refractivity contribution in [1.29, 1.82) is 0 Å². The molecule has 1 rings (SSSR count). The second-order valence-corrected chi connectivity index (χ2v) is 4.86. The van der Waals surface area contributed by atoms with E-state index < -0.39 is 12.1 Å². The third-order valence-corrected chi connectivity index (χ3v) is 3.08. The molecule has 0 aliphatic rings. The fraction of sp³-hybridized carbons (Fsp3) is 0.471. The van der Waals surface area contributed by atoms with Crippen LogP contribution in [0.5, 0.6) is 0 Å². The summed E-state index contributed by atoms with van der Waals surface area (Å²) in [7, 11) is 0. The number of aliphatic carboxylic acids is 1. The smallest absolute Gasteiger partial charge is 0.381 e. The molecule has 0 saturated heterocycles. The maximum atomic E-state index is 10.3. The lowest BCUT2D eigenvalue weighted by Gasteiger charge is -2.22. The lowest BCUT2D eigenvalue weighted by molar-refractivity contribution is -0.130. The SMILES string of the molecule is CCCCC(OCc1ccccc1)C(O)CC#CC(=O)O. The zero-order valence-electron chi connectivity index (χ0n) is 12.3. The van der Waals surface area contributed by atoms with Crippen molar-refractivity contribution in [3.63, 3.8) is 0 Å². The van der Waals surface area contributed by atoms with Crippen molar-refractivity contribution in [1.82, 2.24) is 0 Å². The molecule has 0 bridgehead atoms. The molecule has 2 N–H and O–H groups in total. The summed E-state index contributed by atoms with van der Waals surface area (Å²) in [6, 6.07) is 9.75. The van der Waals surface area contributed by atoms with Crippen molar-refractivity contribution in [3.8, 4) is 11.8 Å². The van der Waals surface area contributed by atoms with Gasteiger partial charge in [0, 0.05) is 12.3 Å². The van der Waals surface area contributed by atoms with Crippen molar-refractivity contribution >= 4 is 5.97 Å². The summed E-state index contributed by atoms with van der Waals surface area (Å²) < 4.78 is 5.78. The zero-order valence-corrected chi connectivity index (χ0v) is 12.3. The van der Waals surface area contributed by atoms with E-state index in [1.165, 1.54) is 0 Å². The summed E-state index contributed by atoms with van der Waals surface area (Å²) in [5, 5.41) is 18.6. The van der Waals surface area contributed by atoms with Crippen LogP contribution in [0.3, 0.4) is 0 Å². The number of carboxylic acid groups (broad SMARTS) is 1. The van der Waals surface area contributed by atoms with E-state index in [1.807, 2.05) is 36.3 Å². The van der Waals surface area contributed by atoms with Crippen LogP contribution in [0.2, 0.25) is 0 Å². The van der Waals surface area contributed by atoms with E-state index in [1.54, 1.807) is 0 Å². The van der Waals surface area contributed by atoms with Crippen molar-refractivity contribution in [2.75, 3.05) is 0 Å². The summed E-state index contributed by atoms with van der Waals surface area (Å²) in [5.41, 5.74) is 1.04. The number of carbonyl (C=O) groups is 1.